The van der Waals surface area contributed by atoms with Crippen LogP contribution in [0.3, 0.4) is 0 Å². The summed E-state index contributed by atoms with van der Waals surface area (Å²) < 4.78 is 9.76. The first kappa shape index (κ1) is 20.9. The Kier molecular flexibility index (Phi) is 8.94. The van der Waals surface area contributed by atoms with Crippen molar-refractivity contribution < 1.29 is 28.7 Å². The van der Waals surface area contributed by atoms with E-state index in [1.165, 1.54) is 0 Å². The molecule has 0 aromatic carbocycles. The van der Waals surface area contributed by atoms with Crippen LogP contribution < -0.4 is 11.1 Å². The van der Waals surface area contributed by atoms with E-state index in [2.05, 4.69) is 5.32 Å². The fourth-order valence-corrected chi connectivity index (χ4v) is 3.07. The Bertz CT molecular complexity index is 488. The molecule has 1 aliphatic rings. The molecule has 142 valence electrons. The average molecular weight is 356 g/mol. The van der Waals surface area contributed by atoms with Crippen LogP contribution in [0.1, 0.15) is 52.4 Å². The number of ether oxygens (including phenoxy) is 2. The van der Waals surface area contributed by atoms with Gasteiger partial charge in [0.2, 0.25) is 11.8 Å². The molecule has 3 N–H and O–H groups in total. The van der Waals surface area contributed by atoms with Gasteiger partial charge < -0.3 is 20.5 Å². The predicted octanol–water partition coefficient (Wildman–Crippen LogP) is 0.669. The number of amides is 2. The van der Waals surface area contributed by atoms with Crippen molar-refractivity contribution >= 4 is 23.8 Å². The van der Waals surface area contributed by atoms with Gasteiger partial charge in [-0.25, -0.2) is 0 Å². The second-order valence-electron chi connectivity index (χ2n) is 6.17. The van der Waals surface area contributed by atoms with E-state index in [1.54, 1.807) is 13.8 Å². The van der Waals surface area contributed by atoms with Crippen molar-refractivity contribution in [3.63, 3.8) is 0 Å². The molecule has 0 bridgehead atoms. The zero-order valence-corrected chi connectivity index (χ0v) is 14.9. The van der Waals surface area contributed by atoms with Crippen LogP contribution in [0, 0.1) is 11.8 Å². The van der Waals surface area contributed by atoms with Gasteiger partial charge in [-0.2, -0.15) is 0 Å². The van der Waals surface area contributed by atoms with Gasteiger partial charge in [0.05, 0.1) is 25.6 Å². The van der Waals surface area contributed by atoms with Gasteiger partial charge >= 0.3 is 11.9 Å². The number of hydrogen-bond donors (Lipinski definition) is 2. The molecule has 1 rings (SSSR count). The van der Waals surface area contributed by atoms with E-state index in [9.17, 15) is 19.2 Å². The third-order valence-corrected chi connectivity index (χ3v) is 4.26. The zero-order valence-electron chi connectivity index (χ0n) is 14.9. The summed E-state index contributed by atoms with van der Waals surface area (Å²) >= 11 is 0. The first-order chi connectivity index (χ1) is 11.9. The molecule has 2 atom stereocenters. The minimum Gasteiger partial charge on any atom is -0.466 e. The number of primary amides is 1. The van der Waals surface area contributed by atoms with Crippen LogP contribution in [-0.4, -0.2) is 43.0 Å². The van der Waals surface area contributed by atoms with Crippen molar-refractivity contribution in [1.29, 1.82) is 0 Å². The monoisotopic (exact) mass is 356 g/mol. The van der Waals surface area contributed by atoms with E-state index in [1.807, 2.05) is 0 Å². The molecule has 0 spiro atoms. The SMILES string of the molecule is CCOC(=O)C[C@H](C(=O)OCC)[C@H](NC(=O)CC1CCCC1)C(N)=O. The number of hydrogen-bond acceptors (Lipinski definition) is 6. The summed E-state index contributed by atoms with van der Waals surface area (Å²) in [4.78, 5) is 48.0. The lowest BCUT2D eigenvalue weighted by molar-refractivity contribution is -0.157. The van der Waals surface area contributed by atoms with Gasteiger partial charge in [-0.3, -0.25) is 19.2 Å². The van der Waals surface area contributed by atoms with Crippen LogP contribution in [0.5, 0.6) is 0 Å². The molecule has 25 heavy (non-hydrogen) atoms. The number of esters is 2. The lowest BCUT2D eigenvalue weighted by Crippen LogP contribution is -2.52. The Morgan fingerprint density at radius 2 is 1.68 bits per heavy atom. The summed E-state index contributed by atoms with van der Waals surface area (Å²) in [6.45, 7) is 3.47. The van der Waals surface area contributed by atoms with E-state index in [4.69, 9.17) is 15.2 Å². The third-order valence-electron chi connectivity index (χ3n) is 4.26. The molecule has 0 aromatic rings. The number of carbonyl (C=O) groups is 4. The minimum atomic E-state index is -1.31. The van der Waals surface area contributed by atoms with Gasteiger partial charge in [0.1, 0.15) is 6.04 Å². The molecule has 0 aliphatic heterocycles. The Morgan fingerprint density at radius 3 is 2.20 bits per heavy atom. The van der Waals surface area contributed by atoms with Crippen LogP contribution >= 0.6 is 0 Å². The predicted molar refractivity (Wildman–Crippen MR) is 89.1 cm³/mol. The van der Waals surface area contributed by atoms with Gasteiger partial charge in [0.25, 0.3) is 0 Å². The topological polar surface area (TPSA) is 125 Å². The second-order valence-corrected chi connectivity index (χ2v) is 6.17. The number of carbonyl (C=O) groups excluding carboxylic acids is 4. The summed E-state index contributed by atoms with van der Waals surface area (Å²) in [5.74, 6) is -3.59. The van der Waals surface area contributed by atoms with E-state index >= 15 is 0 Å². The Balaban J connectivity index is 2.81. The Hall–Kier alpha value is -2.12. The summed E-state index contributed by atoms with van der Waals surface area (Å²) in [5, 5.41) is 2.51. The molecule has 0 unspecified atom stereocenters. The van der Waals surface area contributed by atoms with Crippen molar-refractivity contribution in [2.75, 3.05) is 13.2 Å². The van der Waals surface area contributed by atoms with E-state index in [-0.39, 0.29) is 37.9 Å². The van der Waals surface area contributed by atoms with Crippen LogP contribution in [0.4, 0.5) is 0 Å². The smallest absolute Gasteiger partial charge is 0.312 e. The molecule has 0 aromatic heterocycles. The van der Waals surface area contributed by atoms with Gasteiger partial charge in [0, 0.05) is 6.42 Å². The van der Waals surface area contributed by atoms with Gasteiger partial charge in [0.15, 0.2) is 0 Å². The van der Waals surface area contributed by atoms with Gasteiger partial charge in [-0.1, -0.05) is 12.8 Å². The zero-order chi connectivity index (χ0) is 18.8. The van der Waals surface area contributed by atoms with Crippen LogP contribution in [-0.2, 0) is 28.7 Å². The molecule has 8 nitrogen and oxygen atoms in total. The van der Waals surface area contributed by atoms with Crippen molar-refractivity contribution in [3.05, 3.63) is 0 Å². The molecule has 8 heteroatoms. The molecule has 0 saturated heterocycles. The maximum absolute atomic E-state index is 12.2. The normalized spacial score (nSPS) is 16.7. The Labute approximate surface area is 147 Å². The maximum atomic E-state index is 12.2. The largest absolute Gasteiger partial charge is 0.466 e. The molecule has 0 heterocycles. The van der Waals surface area contributed by atoms with Crippen molar-refractivity contribution in [1.82, 2.24) is 5.32 Å². The first-order valence-electron chi connectivity index (χ1n) is 8.79. The summed E-state index contributed by atoms with van der Waals surface area (Å²) in [6.07, 6.45) is 4.01. The summed E-state index contributed by atoms with van der Waals surface area (Å²) in [6, 6.07) is -1.31. The number of nitrogens with one attached hydrogen (secondary N) is 1. The molecule has 1 saturated carbocycles. The second kappa shape index (κ2) is 10.7. The Morgan fingerprint density at radius 1 is 1.08 bits per heavy atom. The minimum absolute atomic E-state index is 0.0830. The summed E-state index contributed by atoms with van der Waals surface area (Å²) in [7, 11) is 0. The van der Waals surface area contributed by atoms with Crippen molar-refractivity contribution in [3.8, 4) is 0 Å². The van der Waals surface area contributed by atoms with E-state index in [0.29, 0.717) is 0 Å². The number of nitrogens with two attached hydrogens (primary N) is 1. The highest BCUT2D eigenvalue weighted by atomic mass is 16.5. The standard InChI is InChI=1S/C17H28N2O6/c1-3-24-14(21)10-12(17(23)25-4-2)15(16(18)22)19-13(20)9-11-7-5-6-8-11/h11-12,15H,3-10H2,1-2H3,(H2,18,22)(H,19,20)/t12-,15-/m0/s1. The highest BCUT2D eigenvalue weighted by molar-refractivity contribution is 5.93. The van der Waals surface area contributed by atoms with E-state index < -0.39 is 29.8 Å². The van der Waals surface area contributed by atoms with Crippen LogP contribution in [0.15, 0.2) is 0 Å². The maximum Gasteiger partial charge on any atom is 0.312 e. The fourth-order valence-electron chi connectivity index (χ4n) is 3.07. The lowest BCUT2D eigenvalue weighted by atomic mass is 9.94. The van der Waals surface area contributed by atoms with Crippen LogP contribution in [0.25, 0.3) is 0 Å². The molecule has 2 amide bonds. The van der Waals surface area contributed by atoms with Gasteiger partial charge in [-0.05, 0) is 32.6 Å². The summed E-state index contributed by atoms with van der Waals surface area (Å²) in [5.41, 5.74) is 5.36. The highest BCUT2D eigenvalue weighted by Crippen LogP contribution is 2.27. The fraction of sp³-hybridized carbons (Fsp3) is 0.765. The van der Waals surface area contributed by atoms with Crippen LogP contribution in [0.2, 0.25) is 0 Å². The van der Waals surface area contributed by atoms with Crippen molar-refractivity contribution in [2.45, 2.75) is 58.4 Å². The quantitative estimate of drug-likeness (QED) is 0.554. The van der Waals surface area contributed by atoms with E-state index in [0.717, 1.165) is 25.7 Å². The lowest BCUT2D eigenvalue weighted by Gasteiger charge is -2.24. The first-order valence-corrected chi connectivity index (χ1v) is 8.79. The van der Waals surface area contributed by atoms with Crippen molar-refractivity contribution in [2.24, 2.45) is 17.6 Å². The molecular weight excluding hydrogens is 328 g/mol. The van der Waals surface area contributed by atoms with Gasteiger partial charge in [-0.15, -0.1) is 0 Å². The molecular formula is C17H28N2O6. The molecule has 0 radical (unpaired) electrons. The highest BCUT2D eigenvalue weighted by Gasteiger charge is 2.37. The third kappa shape index (κ3) is 7.11. The average Bonchev–Trinajstić information content (AvgIpc) is 3.03. The number of rotatable bonds is 10. The molecule has 1 aliphatic carbocycles. The molecule has 1 fully saturated rings.